The molecule has 0 saturated carbocycles. The Morgan fingerprint density at radius 2 is 1.85 bits per heavy atom. The second kappa shape index (κ2) is 9.97. The lowest BCUT2D eigenvalue weighted by Gasteiger charge is -2.21. The van der Waals surface area contributed by atoms with Crippen molar-refractivity contribution in [1.82, 2.24) is 5.32 Å². The maximum absolute atomic E-state index is 12.7. The quantitative estimate of drug-likeness (QED) is 0.682. The Hall–Kier alpha value is -2.53. The van der Waals surface area contributed by atoms with E-state index in [0.29, 0.717) is 23.7 Å². The van der Waals surface area contributed by atoms with Gasteiger partial charge in [-0.15, -0.1) is 0 Å². The van der Waals surface area contributed by atoms with Crippen molar-refractivity contribution >= 4 is 23.5 Å². The number of hydrogen-bond donors (Lipinski definition) is 2. The molecule has 2 rings (SSSR count). The van der Waals surface area contributed by atoms with Gasteiger partial charge in [-0.2, -0.15) is 0 Å². The first-order valence-corrected chi connectivity index (χ1v) is 9.21. The summed E-state index contributed by atoms with van der Waals surface area (Å²) in [5.74, 6) is -0.634. The molecule has 0 aliphatic carbocycles. The van der Waals surface area contributed by atoms with E-state index in [0.717, 1.165) is 11.1 Å². The maximum Gasteiger partial charge on any atom is 0.341 e. The molecule has 6 heteroatoms. The van der Waals surface area contributed by atoms with Crippen LogP contribution in [0, 0.1) is 5.92 Å². The zero-order valence-corrected chi connectivity index (χ0v) is 16.2. The second-order valence-corrected chi connectivity index (χ2v) is 7.08. The van der Waals surface area contributed by atoms with E-state index >= 15 is 0 Å². The lowest BCUT2D eigenvalue weighted by molar-refractivity contribution is -0.139. The lowest BCUT2D eigenvalue weighted by Crippen LogP contribution is -2.33. The number of amides is 1. The normalized spacial score (nSPS) is 11.9. The summed E-state index contributed by atoms with van der Waals surface area (Å²) in [6.07, 6.45) is 0.672. The van der Waals surface area contributed by atoms with Crippen LogP contribution in [0.15, 0.2) is 48.5 Å². The molecule has 2 aromatic carbocycles. The molecule has 2 aromatic rings. The first-order chi connectivity index (χ1) is 12.9. The number of carboxylic acid groups (broad SMARTS) is 1. The highest BCUT2D eigenvalue weighted by atomic mass is 35.5. The molecule has 0 aliphatic heterocycles. The number of carbonyl (C=O) groups is 2. The van der Waals surface area contributed by atoms with Gasteiger partial charge in [0, 0.05) is 11.6 Å². The third-order valence-electron chi connectivity index (χ3n) is 4.16. The average molecular weight is 390 g/mol. The molecule has 1 unspecified atom stereocenters. The van der Waals surface area contributed by atoms with Crippen LogP contribution in [0.1, 0.15) is 30.9 Å². The van der Waals surface area contributed by atoms with E-state index in [4.69, 9.17) is 21.4 Å². The number of nitrogens with one attached hydrogen (secondary N) is 1. The Morgan fingerprint density at radius 3 is 2.44 bits per heavy atom. The summed E-state index contributed by atoms with van der Waals surface area (Å²) in [6, 6.07) is 14.6. The Kier molecular flexibility index (Phi) is 7.67. The van der Waals surface area contributed by atoms with Gasteiger partial charge in [0.1, 0.15) is 5.75 Å². The molecule has 0 aliphatic rings. The highest BCUT2D eigenvalue weighted by molar-refractivity contribution is 6.30. The monoisotopic (exact) mass is 389 g/mol. The highest BCUT2D eigenvalue weighted by Gasteiger charge is 2.24. The average Bonchev–Trinajstić information content (AvgIpc) is 2.61. The molecule has 0 aromatic heterocycles. The van der Waals surface area contributed by atoms with Gasteiger partial charge in [-0.1, -0.05) is 49.7 Å². The van der Waals surface area contributed by atoms with Crippen LogP contribution in [-0.2, 0) is 16.0 Å². The van der Waals surface area contributed by atoms with Crippen molar-refractivity contribution in [2.75, 3.05) is 13.2 Å². The van der Waals surface area contributed by atoms with Crippen LogP contribution < -0.4 is 10.1 Å². The fourth-order valence-corrected chi connectivity index (χ4v) is 3.08. The number of halogens is 1. The van der Waals surface area contributed by atoms with Crippen LogP contribution in [0.3, 0.4) is 0 Å². The summed E-state index contributed by atoms with van der Waals surface area (Å²) >= 11 is 6.06. The van der Waals surface area contributed by atoms with E-state index in [1.165, 1.54) is 0 Å². The van der Waals surface area contributed by atoms with Crippen molar-refractivity contribution in [1.29, 1.82) is 0 Å². The minimum absolute atomic E-state index is 0.0197. The SMILES string of the molecule is CC(C)C(C(=O)NCCc1ccc(OCC(=O)O)cc1)c1cccc(Cl)c1. The number of aliphatic carboxylic acids is 1. The topological polar surface area (TPSA) is 75.6 Å². The van der Waals surface area contributed by atoms with E-state index in [1.54, 1.807) is 18.2 Å². The molecule has 0 saturated heterocycles. The Labute approximate surface area is 164 Å². The number of rotatable bonds is 9. The van der Waals surface area contributed by atoms with E-state index in [9.17, 15) is 9.59 Å². The number of carbonyl (C=O) groups excluding carboxylic acids is 1. The Morgan fingerprint density at radius 1 is 1.15 bits per heavy atom. The summed E-state index contributed by atoms with van der Waals surface area (Å²) in [4.78, 5) is 23.2. The van der Waals surface area contributed by atoms with Crippen LogP contribution in [0.25, 0.3) is 0 Å². The summed E-state index contributed by atoms with van der Waals surface area (Å²) in [7, 11) is 0. The third kappa shape index (κ3) is 6.61. The molecule has 0 bridgehead atoms. The van der Waals surface area contributed by atoms with E-state index in [1.807, 2.05) is 44.2 Å². The van der Waals surface area contributed by atoms with Crippen molar-refractivity contribution in [2.45, 2.75) is 26.2 Å². The molecule has 5 nitrogen and oxygen atoms in total. The van der Waals surface area contributed by atoms with Crippen LogP contribution in [-0.4, -0.2) is 30.1 Å². The predicted octanol–water partition coefficient (Wildman–Crippen LogP) is 3.90. The van der Waals surface area contributed by atoms with Crippen molar-refractivity contribution in [3.63, 3.8) is 0 Å². The van der Waals surface area contributed by atoms with Gasteiger partial charge in [0.15, 0.2) is 6.61 Å². The predicted molar refractivity (Wildman–Crippen MR) is 105 cm³/mol. The van der Waals surface area contributed by atoms with Gasteiger partial charge >= 0.3 is 5.97 Å². The number of hydrogen-bond acceptors (Lipinski definition) is 3. The zero-order chi connectivity index (χ0) is 19.8. The first-order valence-electron chi connectivity index (χ1n) is 8.83. The third-order valence-corrected chi connectivity index (χ3v) is 4.39. The van der Waals surface area contributed by atoms with Crippen LogP contribution in [0.4, 0.5) is 0 Å². The summed E-state index contributed by atoms with van der Waals surface area (Å²) in [5, 5.41) is 12.2. The zero-order valence-electron chi connectivity index (χ0n) is 15.4. The number of ether oxygens (including phenoxy) is 1. The van der Waals surface area contributed by atoms with Crippen molar-refractivity contribution in [3.8, 4) is 5.75 Å². The van der Waals surface area contributed by atoms with Gasteiger partial charge in [-0.3, -0.25) is 4.79 Å². The number of benzene rings is 2. The van der Waals surface area contributed by atoms with Gasteiger partial charge in [0.2, 0.25) is 5.91 Å². The molecular formula is C21H24ClNO4. The first kappa shape index (κ1) is 20.8. The molecule has 2 N–H and O–H groups in total. The van der Waals surface area contributed by atoms with Crippen LogP contribution >= 0.6 is 11.6 Å². The van der Waals surface area contributed by atoms with Gasteiger partial charge in [-0.05, 0) is 47.7 Å². The van der Waals surface area contributed by atoms with E-state index in [-0.39, 0.29) is 24.3 Å². The fourth-order valence-electron chi connectivity index (χ4n) is 2.88. The molecule has 0 spiro atoms. The highest BCUT2D eigenvalue weighted by Crippen LogP contribution is 2.26. The minimum Gasteiger partial charge on any atom is -0.482 e. The van der Waals surface area contributed by atoms with Crippen molar-refractivity contribution in [2.24, 2.45) is 5.92 Å². The molecule has 0 radical (unpaired) electrons. The van der Waals surface area contributed by atoms with E-state index in [2.05, 4.69) is 5.32 Å². The molecule has 144 valence electrons. The molecule has 1 atom stereocenters. The van der Waals surface area contributed by atoms with Crippen LogP contribution in [0.5, 0.6) is 5.75 Å². The molecule has 0 heterocycles. The minimum atomic E-state index is -1.01. The summed E-state index contributed by atoms with van der Waals surface area (Å²) < 4.78 is 5.10. The van der Waals surface area contributed by atoms with Gasteiger partial charge in [0.05, 0.1) is 5.92 Å². The lowest BCUT2D eigenvalue weighted by atomic mass is 9.87. The molecule has 27 heavy (non-hydrogen) atoms. The summed E-state index contributed by atoms with van der Waals surface area (Å²) in [6.45, 7) is 4.18. The van der Waals surface area contributed by atoms with Gasteiger partial charge in [0.25, 0.3) is 0 Å². The van der Waals surface area contributed by atoms with Gasteiger partial charge in [-0.25, -0.2) is 4.79 Å². The van der Waals surface area contributed by atoms with Gasteiger partial charge < -0.3 is 15.2 Å². The fraction of sp³-hybridized carbons (Fsp3) is 0.333. The number of carboxylic acids is 1. The van der Waals surface area contributed by atoms with E-state index < -0.39 is 5.97 Å². The summed E-state index contributed by atoms with van der Waals surface area (Å²) in [5.41, 5.74) is 1.94. The Balaban J connectivity index is 1.89. The van der Waals surface area contributed by atoms with Crippen molar-refractivity contribution in [3.05, 3.63) is 64.7 Å². The smallest absolute Gasteiger partial charge is 0.341 e. The Bertz CT molecular complexity index is 774. The van der Waals surface area contributed by atoms with Crippen LogP contribution in [0.2, 0.25) is 5.02 Å². The molecular weight excluding hydrogens is 366 g/mol. The standard InChI is InChI=1S/C21H24ClNO4/c1-14(2)20(16-4-3-5-17(22)12-16)21(26)23-11-10-15-6-8-18(9-7-15)27-13-19(24)25/h3-9,12,14,20H,10-11,13H2,1-2H3,(H,23,26)(H,24,25). The maximum atomic E-state index is 12.7. The molecule has 0 fully saturated rings. The second-order valence-electron chi connectivity index (χ2n) is 6.64. The largest absolute Gasteiger partial charge is 0.482 e. The molecule has 1 amide bonds. The van der Waals surface area contributed by atoms with Crippen molar-refractivity contribution < 1.29 is 19.4 Å².